The zero-order chi connectivity index (χ0) is 16.1. The summed E-state index contributed by atoms with van der Waals surface area (Å²) >= 11 is 0. The zero-order valence-corrected chi connectivity index (χ0v) is 14.5. The fourth-order valence-electron chi connectivity index (χ4n) is 5.16. The summed E-state index contributed by atoms with van der Waals surface area (Å²) in [5.74, 6) is 1.26. The topological polar surface area (TPSA) is 6.48 Å². The second kappa shape index (κ2) is 5.72. The summed E-state index contributed by atoms with van der Waals surface area (Å²) in [6, 6.07) is 16.3. The summed E-state index contributed by atoms with van der Waals surface area (Å²) in [5.41, 5.74) is 8.08. The third-order valence-corrected chi connectivity index (χ3v) is 6.43. The van der Waals surface area contributed by atoms with Gasteiger partial charge in [0.2, 0.25) is 0 Å². The molecular weight excluding hydrogens is 292 g/mol. The van der Waals surface area contributed by atoms with Crippen molar-refractivity contribution in [3.8, 4) is 0 Å². The Labute approximate surface area is 145 Å². The van der Waals surface area contributed by atoms with E-state index in [1.807, 2.05) is 0 Å². The van der Waals surface area contributed by atoms with Crippen molar-refractivity contribution < 1.29 is 0 Å². The third-order valence-electron chi connectivity index (χ3n) is 6.43. The monoisotopic (exact) mass is 318 g/mol. The average Bonchev–Trinajstić information content (AvgIpc) is 2.64. The molecule has 2 atom stereocenters. The molecule has 0 amide bonds. The fraction of sp³-hybridized carbons (Fsp3) is 0.455. The molecule has 0 aromatic heterocycles. The highest BCUT2D eigenvalue weighted by Crippen LogP contribution is 2.53. The first-order valence-electron chi connectivity index (χ1n) is 9.42. The van der Waals surface area contributed by atoms with Crippen LogP contribution < -0.4 is 0 Å². The van der Waals surface area contributed by atoms with Gasteiger partial charge in [0.05, 0.1) is 0 Å². The summed E-state index contributed by atoms with van der Waals surface area (Å²) in [6.07, 6.45) is 2.65. The van der Waals surface area contributed by atoms with Crippen molar-refractivity contribution in [3.05, 3.63) is 70.3 Å². The third kappa shape index (κ3) is 2.24. The lowest BCUT2D eigenvalue weighted by Crippen LogP contribution is -2.44. The van der Waals surface area contributed by atoms with E-state index in [-0.39, 0.29) is 0 Å². The van der Waals surface area contributed by atoms with Crippen molar-refractivity contribution in [2.24, 2.45) is 0 Å². The maximum Gasteiger partial charge on any atom is 0.0237 e. The van der Waals surface area contributed by atoms with Crippen LogP contribution in [0.3, 0.4) is 0 Å². The van der Waals surface area contributed by atoms with Gasteiger partial charge in [0.15, 0.2) is 0 Å². The van der Waals surface area contributed by atoms with Crippen LogP contribution in [0.25, 0.3) is 0 Å². The molecule has 0 N–H and O–H groups in total. The normalized spacial score (nSPS) is 26.2. The molecule has 2 aromatic carbocycles. The molecule has 1 heterocycles. The smallest absolute Gasteiger partial charge is 0.0237 e. The van der Waals surface area contributed by atoms with E-state index in [0.29, 0.717) is 11.8 Å². The standard InChI is InChI=1S/C22H26N2/c1-23-11-13-24(14-12-23)15-16-5-4-8-20-19-9-10-21(22(16)20)18-7-3-2-6-17(18)19/h2-8,19,21H,9-15H2,1H3. The van der Waals surface area contributed by atoms with Gasteiger partial charge >= 0.3 is 0 Å². The highest BCUT2D eigenvalue weighted by molar-refractivity contribution is 5.57. The van der Waals surface area contributed by atoms with Gasteiger partial charge in [-0.2, -0.15) is 0 Å². The van der Waals surface area contributed by atoms with Crippen LogP contribution in [-0.4, -0.2) is 43.0 Å². The first-order chi connectivity index (χ1) is 11.8. The van der Waals surface area contributed by atoms with Gasteiger partial charge in [0, 0.05) is 44.6 Å². The molecule has 124 valence electrons. The highest BCUT2D eigenvalue weighted by atomic mass is 15.2. The summed E-state index contributed by atoms with van der Waals surface area (Å²) in [7, 11) is 2.23. The van der Waals surface area contributed by atoms with E-state index in [1.54, 1.807) is 27.8 Å². The molecule has 2 bridgehead atoms. The highest BCUT2D eigenvalue weighted by Gasteiger charge is 2.38. The number of hydrogen-bond acceptors (Lipinski definition) is 2. The summed E-state index contributed by atoms with van der Waals surface area (Å²) < 4.78 is 0. The Hall–Kier alpha value is -1.64. The molecule has 2 aromatic rings. The number of hydrogen-bond donors (Lipinski definition) is 0. The maximum absolute atomic E-state index is 2.64. The minimum absolute atomic E-state index is 0.630. The molecule has 0 radical (unpaired) electrons. The van der Waals surface area contributed by atoms with Gasteiger partial charge in [-0.15, -0.1) is 0 Å². The number of benzene rings is 2. The number of likely N-dealkylation sites (N-methyl/N-ethyl adjacent to an activating group) is 1. The van der Waals surface area contributed by atoms with E-state index >= 15 is 0 Å². The minimum atomic E-state index is 0.630. The predicted octanol–water partition coefficient (Wildman–Crippen LogP) is 3.81. The van der Waals surface area contributed by atoms with Crippen LogP contribution >= 0.6 is 0 Å². The zero-order valence-electron chi connectivity index (χ0n) is 14.5. The van der Waals surface area contributed by atoms with Crippen LogP contribution in [0.2, 0.25) is 0 Å². The van der Waals surface area contributed by atoms with Gasteiger partial charge in [0.1, 0.15) is 0 Å². The summed E-state index contributed by atoms with van der Waals surface area (Å²) in [5, 5.41) is 0. The Kier molecular flexibility index (Phi) is 3.50. The molecule has 3 aliphatic carbocycles. The van der Waals surface area contributed by atoms with Gasteiger partial charge in [-0.1, -0.05) is 42.5 Å². The number of nitrogens with zero attached hydrogens (tertiary/aromatic N) is 2. The lowest BCUT2D eigenvalue weighted by atomic mass is 9.63. The molecule has 0 spiro atoms. The van der Waals surface area contributed by atoms with Gasteiger partial charge in [-0.3, -0.25) is 4.90 Å². The molecule has 24 heavy (non-hydrogen) atoms. The molecule has 2 unspecified atom stereocenters. The lowest BCUT2D eigenvalue weighted by Gasteiger charge is -2.42. The van der Waals surface area contributed by atoms with Crippen molar-refractivity contribution in [3.63, 3.8) is 0 Å². The molecule has 2 nitrogen and oxygen atoms in total. The number of piperazine rings is 1. The molecule has 1 fully saturated rings. The lowest BCUT2D eigenvalue weighted by molar-refractivity contribution is 0.147. The van der Waals surface area contributed by atoms with Gasteiger partial charge in [0.25, 0.3) is 0 Å². The van der Waals surface area contributed by atoms with Crippen molar-refractivity contribution in [1.82, 2.24) is 9.80 Å². The number of fused-ring (bicyclic) bond motifs is 1. The Balaban J connectivity index is 1.52. The second-order valence-corrected chi connectivity index (χ2v) is 7.81. The van der Waals surface area contributed by atoms with Crippen molar-refractivity contribution >= 4 is 0 Å². The first kappa shape index (κ1) is 14.7. The predicted molar refractivity (Wildman–Crippen MR) is 98.6 cm³/mol. The maximum atomic E-state index is 2.64. The van der Waals surface area contributed by atoms with E-state index in [9.17, 15) is 0 Å². The molecule has 1 aliphatic heterocycles. The minimum Gasteiger partial charge on any atom is -0.304 e. The van der Waals surface area contributed by atoms with Crippen molar-refractivity contribution in [1.29, 1.82) is 0 Å². The second-order valence-electron chi connectivity index (χ2n) is 7.81. The van der Waals surface area contributed by atoms with Crippen LogP contribution in [0, 0.1) is 0 Å². The Morgan fingerprint density at radius 1 is 0.792 bits per heavy atom. The van der Waals surface area contributed by atoms with Gasteiger partial charge in [-0.05, 0) is 47.7 Å². The van der Waals surface area contributed by atoms with E-state index in [2.05, 4.69) is 59.3 Å². The molecule has 0 saturated carbocycles. The van der Waals surface area contributed by atoms with Crippen LogP contribution in [-0.2, 0) is 6.54 Å². The Morgan fingerprint density at radius 2 is 1.46 bits per heavy atom. The molecule has 1 saturated heterocycles. The van der Waals surface area contributed by atoms with E-state index < -0.39 is 0 Å². The number of rotatable bonds is 2. The first-order valence-corrected chi connectivity index (χ1v) is 9.42. The van der Waals surface area contributed by atoms with Crippen LogP contribution in [0.1, 0.15) is 52.5 Å². The molecular formula is C22H26N2. The molecule has 2 heteroatoms. The van der Waals surface area contributed by atoms with Crippen LogP contribution in [0.15, 0.2) is 42.5 Å². The Bertz CT molecular complexity index is 758. The quantitative estimate of drug-likeness (QED) is 0.831. The van der Waals surface area contributed by atoms with Gasteiger partial charge < -0.3 is 4.90 Å². The summed E-state index contributed by atoms with van der Waals surface area (Å²) in [6.45, 7) is 5.92. The average molecular weight is 318 g/mol. The summed E-state index contributed by atoms with van der Waals surface area (Å²) in [4.78, 5) is 5.08. The van der Waals surface area contributed by atoms with Crippen LogP contribution in [0.5, 0.6) is 0 Å². The molecule has 4 aliphatic rings. The molecule has 6 rings (SSSR count). The van der Waals surface area contributed by atoms with Crippen molar-refractivity contribution in [2.45, 2.75) is 31.2 Å². The van der Waals surface area contributed by atoms with E-state index in [0.717, 1.165) is 6.54 Å². The van der Waals surface area contributed by atoms with E-state index in [4.69, 9.17) is 0 Å². The largest absolute Gasteiger partial charge is 0.304 e. The Morgan fingerprint density at radius 3 is 2.25 bits per heavy atom. The van der Waals surface area contributed by atoms with Crippen molar-refractivity contribution in [2.75, 3.05) is 33.2 Å². The fourth-order valence-corrected chi connectivity index (χ4v) is 5.16. The van der Waals surface area contributed by atoms with E-state index in [1.165, 1.54) is 39.0 Å². The van der Waals surface area contributed by atoms with Gasteiger partial charge in [-0.25, -0.2) is 0 Å². The van der Waals surface area contributed by atoms with Crippen LogP contribution in [0.4, 0.5) is 0 Å². The SMILES string of the molecule is CN1CCN(Cc2cccc3c2C2CCC3c3ccccc32)CC1.